The van der Waals surface area contributed by atoms with Gasteiger partial charge in [-0.15, -0.1) is 0 Å². The molecule has 1 fully saturated rings. The number of thioether (sulfide) groups is 1. The summed E-state index contributed by atoms with van der Waals surface area (Å²) in [6.45, 7) is 5.26. The van der Waals surface area contributed by atoms with Crippen molar-refractivity contribution in [2.24, 2.45) is 5.92 Å². The molecule has 1 saturated heterocycles. The second-order valence-corrected chi connectivity index (χ2v) is 7.99. The lowest BCUT2D eigenvalue weighted by Gasteiger charge is -2.11. The van der Waals surface area contributed by atoms with E-state index in [1.165, 1.54) is 4.90 Å². The summed E-state index contributed by atoms with van der Waals surface area (Å²) >= 11 is 0.992. The van der Waals surface area contributed by atoms with E-state index in [0.717, 1.165) is 34.8 Å². The summed E-state index contributed by atoms with van der Waals surface area (Å²) in [4.78, 5) is 27.0. The first kappa shape index (κ1) is 17.6. The lowest BCUT2D eigenvalue weighted by molar-refractivity contribution is -0.113. The van der Waals surface area contributed by atoms with Gasteiger partial charge in [-0.1, -0.05) is 50.2 Å². The molecule has 0 N–H and O–H groups in total. The van der Waals surface area contributed by atoms with Crippen molar-refractivity contribution in [2.75, 3.05) is 4.90 Å². The smallest absolute Gasteiger partial charge is 0.298 e. The zero-order valence-electron chi connectivity index (χ0n) is 15.3. The molecule has 0 atom stereocenters. The minimum Gasteiger partial charge on any atom is -0.347 e. The van der Waals surface area contributed by atoms with E-state index in [0.29, 0.717) is 16.5 Å². The van der Waals surface area contributed by atoms with Crippen molar-refractivity contribution in [3.63, 3.8) is 0 Å². The fourth-order valence-electron chi connectivity index (χ4n) is 3.34. The molecule has 0 unspecified atom stereocenters. The summed E-state index contributed by atoms with van der Waals surface area (Å²) < 4.78 is 2.22. The Kier molecular flexibility index (Phi) is 4.62. The SMILES string of the molecule is CC(C)Cn1cc(/C=C2\SC(=O)N(c3ccccc3)C2=O)c2ccccc21. The van der Waals surface area contributed by atoms with Crippen LogP contribution < -0.4 is 4.90 Å². The van der Waals surface area contributed by atoms with Crippen molar-refractivity contribution in [1.29, 1.82) is 0 Å². The van der Waals surface area contributed by atoms with Gasteiger partial charge in [0.25, 0.3) is 11.1 Å². The van der Waals surface area contributed by atoms with E-state index in [4.69, 9.17) is 0 Å². The predicted molar refractivity (Wildman–Crippen MR) is 112 cm³/mol. The number of aromatic nitrogens is 1. The quantitative estimate of drug-likeness (QED) is 0.562. The van der Waals surface area contributed by atoms with Crippen molar-refractivity contribution in [1.82, 2.24) is 4.57 Å². The Morgan fingerprint density at radius 2 is 1.70 bits per heavy atom. The maximum Gasteiger partial charge on any atom is 0.298 e. The van der Waals surface area contributed by atoms with Gasteiger partial charge in [-0.25, -0.2) is 4.90 Å². The monoisotopic (exact) mass is 376 g/mol. The maximum atomic E-state index is 12.9. The van der Waals surface area contributed by atoms with Gasteiger partial charge >= 0.3 is 0 Å². The summed E-state index contributed by atoms with van der Waals surface area (Å²) in [6, 6.07) is 17.2. The Hall–Kier alpha value is -2.79. The zero-order valence-corrected chi connectivity index (χ0v) is 16.1. The minimum atomic E-state index is -0.267. The number of amides is 2. The molecule has 0 saturated carbocycles. The molecule has 2 amide bonds. The highest BCUT2D eigenvalue weighted by molar-refractivity contribution is 8.19. The van der Waals surface area contributed by atoms with Crippen molar-refractivity contribution < 1.29 is 9.59 Å². The third-order valence-corrected chi connectivity index (χ3v) is 5.35. The summed E-state index contributed by atoms with van der Waals surface area (Å²) in [5.74, 6) is 0.246. The molecule has 27 heavy (non-hydrogen) atoms. The first-order valence-electron chi connectivity index (χ1n) is 8.95. The standard InChI is InChI=1S/C22H20N2O2S/c1-15(2)13-23-14-16(18-10-6-7-11-19(18)23)12-20-21(25)24(22(26)27-20)17-8-4-3-5-9-17/h3-12,14-15H,13H2,1-2H3/b20-12-. The number of fused-ring (bicyclic) bond motifs is 1. The number of hydrogen-bond acceptors (Lipinski definition) is 3. The van der Waals surface area contributed by atoms with E-state index in [9.17, 15) is 9.59 Å². The molecule has 136 valence electrons. The summed E-state index contributed by atoms with van der Waals surface area (Å²) in [6.07, 6.45) is 3.91. The number of benzene rings is 2. The van der Waals surface area contributed by atoms with Gasteiger partial charge in [-0.05, 0) is 42.0 Å². The molecule has 0 aliphatic carbocycles. The van der Waals surface area contributed by atoms with Crippen LogP contribution in [0.5, 0.6) is 0 Å². The third kappa shape index (κ3) is 3.30. The van der Waals surface area contributed by atoms with Gasteiger partial charge in [0.15, 0.2) is 0 Å². The Bertz CT molecular complexity index is 1050. The van der Waals surface area contributed by atoms with E-state index in [2.05, 4.69) is 36.7 Å². The van der Waals surface area contributed by atoms with Gasteiger partial charge in [0.1, 0.15) is 0 Å². The number of carbonyl (C=O) groups excluding carboxylic acids is 2. The Balaban J connectivity index is 1.74. The Morgan fingerprint density at radius 1 is 1.00 bits per heavy atom. The van der Waals surface area contributed by atoms with E-state index in [1.807, 2.05) is 36.4 Å². The lowest BCUT2D eigenvalue weighted by Crippen LogP contribution is -2.27. The molecule has 1 aromatic heterocycles. The van der Waals surface area contributed by atoms with Crippen LogP contribution in [0.1, 0.15) is 19.4 Å². The van der Waals surface area contributed by atoms with Gasteiger partial charge in [-0.2, -0.15) is 0 Å². The molecule has 5 heteroatoms. The first-order chi connectivity index (χ1) is 13.0. The molecule has 2 aromatic carbocycles. The molecule has 1 aliphatic heterocycles. The van der Waals surface area contributed by atoms with Gasteiger partial charge in [0, 0.05) is 29.2 Å². The number of hydrogen-bond donors (Lipinski definition) is 0. The highest BCUT2D eigenvalue weighted by Gasteiger charge is 2.36. The number of carbonyl (C=O) groups is 2. The molecule has 0 spiro atoms. The maximum absolute atomic E-state index is 12.9. The van der Waals surface area contributed by atoms with E-state index < -0.39 is 0 Å². The molecular weight excluding hydrogens is 356 g/mol. The normalized spacial score (nSPS) is 16.3. The molecule has 4 nitrogen and oxygen atoms in total. The molecular formula is C22H20N2O2S. The van der Waals surface area contributed by atoms with Crippen LogP contribution in [0.4, 0.5) is 10.5 Å². The van der Waals surface area contributed by atoms with Crippen LogP contribution in [0.25, 0.3) is 17.0 Å². The molecule has 1 aliphatic rings. The molecule has 0 radical (unpaired) electrons. The zero-order chi connectivity index (χ0) is 19.0. The van der Waals surface area contributed by atoms with Crippen molar-refractivity contribution in [3.8, 4) is 0 Å². The highest BCUT2D eigenvalue weighted by Crippen LogP contribution is 2.36. The third-order valence-electron chi connectivity index (χ3n) is 4.48. The first-order valence-corrected chi connectivity index (χ1v) is 9.77. The fraction of sp³-hybridized carbons (Fsp3) is 0.182. The minimum absolute atomic E-state index is 0.261. The van der Waals surface area contributed by atoms with Gasteiger partial charge in [0.05, 0.1) is 10.6 Å². The van der Waals surface area contributed by atoms with E-state index >= 15 is 0 Å². The largest absolute Gasteiger partial charge is 0.347 e. The van der Waals surface area contributed by atoms with Crippen LogP contribution in [-0.4, -0.2) is 15.7 Å². The van der Waals surface area contributed by atoms with Gasteiger partial charge < -0.3 is 4.57 Å². The number of imide groups is 1. The van der Waals surface area contributed by atoms with Gasteiger partial charge in [0.2, 0.25) is 0 Å². The number of nitrogens with zero attached hydrogens (tertiary/aromatic N) is 2. The van der Waals surface area contributed by atoms with Crippen LogP contribution in [0, 0.1) is 5.92 Å². The summed E-state index contributed by atoms with van der Waals surface area (Å²) in [5.41, 5.74) is 2.70. The molecule has 2 heterocycles. The van der Waals surface area contributed by atoms with Crippen LogP contribution in [0.3, 0.4) is 0 Å². The summed E-state index contributed by atoms with van der Waals surface area (Å²) in [5, 5.41) is 0.827. The highest BCUT2D eigenvalue weighted by atomic mass is 32.2. The average Bonchev–Trinajstić information content (AvgIpc) is 3.13. The topological polar surface area (TPSA) is 42.3 Å². The predicted octanol–water partition coefficient (Wildman–Crippen LogP) is 5.54. The van der Waals surface area contributed by atoms with Crippen LogP contribution in [0.2, 0.25) is 0 Å². The van der Waals surface area contributed by atoms with Crippen LogP contribution >= 0.6 is 11.8 Å². The Labute approximate surface area is 162 Å². The number of rotatable bonds is 4. The second-order valence-electron chi connectivity index (χ2n) is 7.00. The molecule has 3 aromatic rings. The van der Waals surface area contributed by atoms with Crippen LogP contribution in [0.15, 0.2) is 65.7 Å². The van der Waals surface area contributed by atoms with E-state index in [1.54, 1.807) is 12.1 Å². The average molecular weight is 376 g/mol. The summed E-state index contributed by atoms with van der Waals surface area (Å²) in [7, 11) is 0. The number of anilines is 1. The van der Waals surface area contributed by atoms with Crippen molar-refractivity contribution in [3.05, 3.63) is 71.3 Å². The Morgan fingerprint density at radius 3 is 2.44 bits per heavy atom. The lowest BCUT2D eigenvalue weighted by atomic mass is 10.1. The van der Waals surface area contributed by atoms with Crippen LogP contribution in [-0.2, 0) is 11.3 Å². The molecule has 0 bridgehead atoms. The van der Waals surface area contributed by atoms with E-state index in [-0.39, 0.29) is 11.1 Å². The number of para-hydroxylation sites is 2. The molecule has 4 rings (SSSR count). The van der Waals surface area contributed by atoms with Gasteiger partial charge in [-0.3, -0.25) is 9.59 Å². The van der Waals surface area contributed by atoms with Crippen molar-refractivity contribution >= 4 is 45.6 Å². The van der Waals surface area contributed by atoms with Crippen molar-refractivity contribution in [2.45, 2.75) is 20.4 Å². The fourth-order valence-corrected chi connectivity index (χ4v) is 4.18. The second kappa shape index (κ2) is 7.08.